The van der Waals surface area contributed by atoms with E-state index < -0.39 is 18.1 Å². The Labute approximate surface area is 227 Å². The Hall–Kier alpha value is -4.84. The second kappa shape index (κ2) is 12.6. The topological polar surface area (TPSA) is 69.6 Å². The van der Waals surface area contributed by atoms with Gasteiger partial charge in [0, 0.05) is 30.1 Å². The minimum Gasteiger partial charge on any atom is -0.459 e. The molecule has 6 nitrogen and oxygen atoms in total. The van der Waals surface area contributed by atoms with E-state index in [0.29, 0.717) is 6.54 Å². The highest BCUT2D eigenvalue weighted by Crippen LogP contribution is 2.24. The van der Waals surface area contributed by atoms with Crippen LogP contribution in [0.1, 0.15) is 22.3 Å². The monoisotopic (exact) mass is 518 g/mol. The van der Waals surface area contributed by atoms with Crippen molar-refractivity contribution in [3.8, 4) is 0 Å². The van der Waals surface area contributed by atoms with Gasteiger partial charge in [-0.05, 0) is 28.3 Å². The van der Waals surface area contributed by atoms with Crippen LogP contribution in [0.15, 0.2) is 121 Å². The van der Waals surface area contributed by atoms with E-state index >= 15 is 0 Å². The first-order valence-corrected chi connectivity index (χ1v) is 12.9. The Morgan fingerprint density at radius 2 is 1.21 bits per heavy atom. The van der Waals surface area contributed by atoms with Gasteiger partial charge in [0.1, 0.15) is 19.3 Å². The van der Waals surface area contributed by atoms with Crippen LogP contribution in [-0.2, 0) is 40.4 Å². The summed E-state index contributed by atoms with van der Waals surface area (Å²) >= 11 is 0. The lowest BCUT2D eigenvalue weighted by Gasteiger charge is -2.18. The Bertz CT molecular complexity index is 1520. The van der Waals surface area contributed by atoms with Crippen LogP contribution in [0.3, 0.4) is 0 Å². The van der Waals surface area contributed by atoms with E-state index in [1.807, 2.05) is 103 Å². The van der Waals surface area contributed by atoms with Crippen LogP contribution >= 0.6 is 0 Å². The smallest absolute Gasteiger partial charge is 0.408 e. The first-order valence-electron chi connectivity index (χ1n) is 12.9. The van der Waals surface area contributed by atoms with Gasteiger partial charge in [0.2, 0.25) is 0 Å². The van der Waals surface area contributed by atoms with Gasteiger partial charge >= 0.3 is 12.1 Å². The molecule has 5 aromatic rings. The third-order valence-electron chi connectivity index (χ3n) is 6.50. The minimum atomic E-state index is -0.923. The maximum Gasteiger partial charge on any atom is 0.408 e. The van der Waals surface area contributed by atoms with Gasteiger partial charge in [0.25, 0.3) is 0 Å². The van der Waals surface area contributed by atoms with Gasteiger partial charge < -0.3 is 19.4 Å². The number of hydrogen-bond donors (Lipinski definition) is 1. The number of alkyl carbamates (subject to hydrolysis) is 1. The summed E-state index contributed by atoms with van der Waals surface area (Å²) in [6, 6.07) is 36.2. The number of nitrogens with one attached hydrogen (secondary N) is 1. The zero-order chi connectivity index (χ0) is 26.9. The first kappa shape index (κ1) is 25.8. The number of benzene rings is 4. The van der Waals surface area contributed by atoms with Crippen LogP contribution in [0, 0.1) is 0 Å². The lowest BCUT2D eigenvalue weighted by Crippen LogP contribution is -2.43. The molecule has 1 heterocycles. The van der Waals surface area contributed by atoms with Crippen molar-refractivity contribution in [3.05, 3.63) is 144 Å². The maximum absolute atomic E-state index is 13.3. The predicted octanol–water partition coefficient (Wildman–Crippen LogP) is 6.27. The molecule has 0 saturated heterocycles. The van der Waals surface area contributed by atoms with Crippen molar-refractivity contribution in [2.24, 2.45) is 0 Å². The lowest BCUT2D eigenvalue weighted by molar-refractivity contribution is -0.147. The number of nitrogens with zero attached hydrogens (tertiary/aromatic N) is 1. The van der Waals surface area contributed by atoms with Crippen molar-refractivity contribution in [2.45, 2.75) is 32.2 Å². The molecule has 4 aromatic carbocycles. The standard InChI is InChI=1S/C33H30N2O4/c36-32(38-23-26-14-6-2-7-15-26)30(34-33(37)39-24-27-16-8-3-9-17-27)20-28-22-35(21-25-12-4-1-5-13-25)31-19-11-10-18-29(28)31/h1-19,22,30H,20-21,23-24H2,(H,34,37)/t30-/m0/s1. The molecule has 1 aromatic heterocycles. The fourth-order valence-corrected chi connectivity index (χ4v) is 4.55. The Morgan fingerprint density at radius 1 is 0.667 bits per heavy atom. The van der Waals surface area contributed by atoms with Crippen LogP contribution in [0.25, 0.3) is 10.9 Å². The van der Waals surface area contributed by atoms with Gasteiger partial charge in [0.05, 0.1) is 0 Å². The molecule has 39 heavy (non-hydrogen) atoms. The molecule has 1 atom stereocenters. The number of hydrogen-bond acceptors (Lipinski definition) is 4. The number of fused-ring (bicyclic) bond motifs is 1. The second-order valence-electron chi connectivity index (χ2n) is 9.34. The van der Waals surface area contributed by atoms with Gasteiger partial charge in [0.15, 0.2) is 0 Å². The van der Waals surface area contributed by atoms with Crippen molar-refractivity contribution in [1.82, 2.24) is 9.88 Å². The summed E-state index contributed by atoms with van der Waals surface area (Å²) in [4.78, 5) is 26.0. The second-order valence-corrected chi connectivity index (χ2v) is 9.34. The van der Waals surface area contributed by atoms with E-state index in [2.05, 4.69) is 28.1 Å². The van der Waals surface area contributed by atoms with Crippen molar-refractivity contribution in [2.75, 3.05) is 0 Å². The molecule has 0 fully saturated rings. The molecule has 196 valence electrons. The molecule has 0 spiro atoms. The zero-order valence-corrected chi connectivity index (χ0v) is 21.5. The number of ether oxygens (including phenoxy) is 2. The molecule has 0 aliphatic carbocycles. The molecule has 0 aliphatic heterocycles. The maximum atomic E-state index is 13.3. The highest BCUT2D eigenvalue weighted by molar-refractivity contribution is 5.86. The summed E-state index contributed by atoms with van der Waals surface area (Å²) in [6.07, 6.45) is 1.64. The summed E-state index contributed by atoms with van der Waals surface area (Å²) in [5, 5.41) is 3.77. The largest absolute Gasteiger partial charge is 0.459 e. The van der Waals surface area contributed by atoms with E-state index in [1.54, 1.807) is 0 Å². The molecular formula is C33H30N2O4. The van der Waals surface area contributed by atoms with Crippen LogP contribution in [0.5, 0.6) is 0 Å². The Morgan fingerprint density at radius 3 is 1.85 bits per heavy atom. The van der Waals surface area contributed by atoms with Crippen LogP contribution in [0.2, 0.25) is 0 Å². The number of para-hydroxylation sites is 1. The summed E-state index contributed by atoms with van der Waals surface area (Å²) < 4.78 is 13.2. The third-order valence-corrected chi connectivity index (χ3v) is 6.50. The van der Waals surface area contributed by atoms with E-state index in [9.17, 15) is 9.59 Å². The Balaban J connectivity index is 1.36. The van der Waals surface area contributed by atoms with Gasteiger partial charge in [-0.15, -0.1) is 0 Å². The number of esters is 1. The number of aromatic nitrogens is 1. The molecule has 0 unspecified atom stereocenters. The fourth-order valence-electron chi connectivity index (χ4n) is 4.55. The summed E-state index contributed by atoms with van der Waals surface area (Å²) in [5.74, 6) is -0.518. The summed E-state index contributed by atoms with van der Waals surface area (Å²) in [7, 11) is 0. The van der Waals surface area contributed by atoms with Crippen molar-refractivity contribution >= 4 is 23.0 Å². The third kappa shape index (κ3) is 6.93. The van der Waals surface area contributed by atoms with Gasteiger partial charge in [-0.25, -0.2) is 9.59 Å². The molecular weight excluding hydrogens is 488 g/mol. The predicted molar refractivity (Wildman–Crippen MR) is 151 cm³/mol. The molecule has 0 radical (unpaired) electrons. The van der Waals surface area contributed by atoms with E-state index in [4.69, 9.17) is 9.47 Å². The van der Waals surface area contributed by atoms with Gasteiger partial charge in [-0.2, -0.15) is 0 Å². The molecule has 1 amide bonds. The average molecular weight is 519 g/mol. The van der Waals surface area contributed by atoms with Gasteiger partial charge in [-0.1, -0.05) is 109 Å². The van der Waals surface area contributed by atoms with Crippen molar-refractivity contribution in [3.63, 3.8) is 0 Å². The fraction of sp³-hybridized carbons (Fsp3) is 0.152. The lowest BCUT2D eigenvalue weighted by atomic mass is 10.1. The molecule has 0 bridgehead atoms. The van der Waals surface area contributed by atoms with Crippen LogP contribution in [-0.4, -0.2) is 22.7 Å². The van der Waals surface area contributed by atoms with Crippen molar-refractivity contribution < 1.29 is 19.1 Å². The quantitative estimate of drug-likeness (QED) is 0.221. The number of rotatable bonds is 10. The molecule has 0 saturated carbocycles. The van der Waals surface area contributed by atoms with E-state index in [0.717, 1.165) is 27.6 Å². The van der Waals surface area contributed by atoms with Gasteiger partial charge in [-0.3, -0.25) is 0 Å². The number of carbonyl (C=O) groups excluding carboxylic acids is 2. The SMILES string of the molecule is O=C(N[C@@H](Cc1cn(Cc2ccccc2)c2ccccc12)C(=O)OCc1ccccc1)OCc1ccccc1. The highest BCUT2D eigenvalue weighted by Gasteiger charge is 2.25. The number of amides is 1. The van der Waals surface area contributed by atoms with E-state index in [1.165, 1.54) is 5.56 Å². The Kier molecular flexibility index (Phi) is 8.34. The van der Waals surface area contributed by atoms with Crippen LogP contribution < -0.4 is 5.32 Å². The minimum absolute atomic E-state index is 0.106. The molecule has 5 rings (SSSR count). The highest BCUT2D eigenvalue weighted by atomic mass is 16.6. The molecule has 6 heteroatoms. The zero-order valence-electron chi connectivity index (χ0n) is 21.5. The van der Waals surface area contributed by atoms with E-state index in [-0.39, 0.29) is 19.6 Å². The summed E-state index contributed by atoms with van der Waals surface area (Å²) in [5.41, 5.74) is 4.90. The summed E-state index contributed by atoms with van der Waals surface area (Å²) in [6.45, 7) is 0.915. The van der Waals surface area contributed by atoms with Crippen LogP contribution in [0.4, 0.5) is 4.79 Å². The normalized spacial score (nSPS) is 11.6. The average Bonchev–Trinajstić information content (AvgIpc) is 3.33. The molecule has 0 aliphatic rings. The molecule has 1 N–H and O–H groups in total. The number of carbonyl (C=O) groups is 2. The first-order chi connectivity index (χ1) is 19.2. The van der Waals surface area contributed by atoms with Crippen molar-refractivity contribution in [1.29, 1.82) is 0 Å².